The summed E-state index contributed by atoms with van der Waals surface area (Å²) in [6.45, 7) is 0. The first-order valence-electron chi connectivity index (χ1n) is 9.15. The minimum Gasteiger partial charge on any atom is -0.321 e. The standard InChI is InChI=1S/C19H25N3O4/c23-13-22(26)16(11-14-7-3-1-4-8-14)19(17(24)20-18(25)21-19)12-15-9-5-2-6-10-15/h1,3-4,7-8,13,15-16,26H,2,5-6,9-12H2,(H2,20,21,24,25)/t16?,19-/m0/s1. The lowest BCUT2D eigenvalue weighted by molar-refractivity contribution is -0.171. The van der Waals surface area contributed by atoms with Gasteiger partial charge in [-0.1, -0.05) is 62.4 Å². The maximum Gasteiger partial charge on any atom is 0.322 e. The number of carbonyl (C=O) groups excluding carboxylic acids is 3. The molecule has 3 N–H and O–H groups in total. The van der Waals surface area contributed by atoms with Crippen molar-refractivity contribution in [1.82, 2.24) is 15.7 Å². The van der Waals surface area contributed by atoms with Gasteiger partial charge in [0, 0.05) is 0 Å². The number of rotatable bonds is 7. The van der Waals surface area contributed by atoms with Crippen LogP contribution in [0.4, 0.5) is 4.79 Å². The monoisotopic (exact) mass is 359 g/mol. The highest BCUT2D eigenvalue weighted by molar-refractivity contribution is 6.07. The SMILES string of the molecule is O=CN(O)C(Cc1ccccc1)[C@]1(CC2CCCCC2)NC(=O)NC1=O. The van der Waals surface area contributed by atoms with E-state index in [-0.39, 0.29) is 12.3 Å². The lowest BCUT2D eigenvalue weighted by Gasteiger charge is -2.40. The van der Waals surface area contributed by atoms with E-state index >= 15 is 0 Å². The molecule has 140 valence electrons. The molecule has 3 rings (SSSR count). The second-order valence-electron chi connectivity index (χ2n) is 7.28. The van der Waals surface area contributed by atoms with Crippen molar-refractivity contribution in [3.8, 4) is 0 Å². The molecule has 2 atom stereocenters. The highest BCUT2D eigenvalue weighted by Crippen LogP contribution is 2.35. The molecule has 4 amide bonds. The lowest BCUT2D eigenvalue weighted by atomic mass is 9.74. The quantitative estimate of drug-likeness (QED) is 0.300. The zero-order chi connectivity index (χ0) is 18.6. The molecule has 7 nitrogen and oxygen atoms in total. The summed E-state index contributed by atoms with van der Waals surface area (Å²) in [4.78, 5) is 36.1. The first kappa shape index (κ1) is 18.4. The summed E-state index contributed by atoms with van der Waals surface area (Å²) >= 11 is 0. The second-order valence-corrected chi connectivity index (χ2v) is 7.28. The molecule has 1 unspecified atom stereocenters. The van der Waals surface area contributed by atoms with Gasteiger partial charge in [0.1, 0.15) is 5.54 Å². The number of nitrogens with zero attached hydrogens (tertiary/aromatic N) is 1. The predicted octanol–water partition coefficient (Wildman–Crippen LogP) is 1.99. The summed E-state index contributed by atoms with van der Waals surface area (Å²) in [7, 11) is 0. The van der Waals surface area contributed by atoms with Crippen LogP contribution >= 0.6 is 0 Å². The maximum absolute atomic E-state index is 12.8. The fraction of sp³-hybridized carbons (Fsp3) is 0.526. The van der Waals surface area contributed by atoms with Crippen molar-refractivity contribution in [2.75, 3.05) is 0 Å². The fourth-order valence-electron chi connectivity index (χ4n) is 4.27. The summed E-state index contributed by atoms with van der Waals surface area (Å²) < 4.78 is 0. The van der Waals surface area contributed by atoms with Crippen molar-refractivity contribution in [2.45, 2.75) is 56.5 Å². The van der Waals surface area contributed by atoms with Crippen LogP contribution in [-0.4, -0.2) is 40.2 Å². The first-order chi connectivity index (χ1) is 12.5. The minimum atomic E-state index is -1.33. The molecule has 2 fully saturated rings. The van der Waals surface area contributed by atoms with E-state index in [1.54, 1.807) is 0 Å². The zero-order valence-electron chi connectivity index (χ0n) is 14.7. The maximum atomic E-state index is 12.8. The minimum absolute atomic E-state index is 0.260. The number of nitrogens with one attached hydrogen (secondary N) is 2. The van der Waals surface area contributed by atoms with Gasteiger partial charge in [-0.05, 0) is 24.3 Å². The molecule has 1 saturated carbocycles. The Labute approximate surface area is 152 Å². The molecule has 1 aromatic rings. The smallest absolute Gasteiger partial charge is 0.321 e. The normalized spacial score (nSPS) is 24.7. The van der Waals surface area contributed by atoms with Crippen LogP contribution in [0.25, 0.3) is 0 Å². The number of urea groups is 1. The van der Waals surface area contributed by atoms with Crippen LogP contribution in [-0.2, 0) is 16.0 Å². The Balaban J connectivity index is 1.94. The van der Waals surface area contributed by atoms with Crippen LogP contribution in [0.1, 0.15) is 44.1 Å². The molecular weight excluding hydrogens is 334 g/mol. The van der Waals surface area contributed by atoms with Crippen molar-refractivity contribution in [2.24, 2.45) is 5.92 Å². The summed E-state index contributed by atoms with van der Waals surface area (Å²) in [5, 5.41) is 15.8. The van der Waals surface area contributed by atoms with E-state index in [0.29, 0.717) is 17.9 Å². The first-order valence-corrected chi connectivity index (χ1v) is 9.15. The molecule has 26 heavy (non-hydrogen) atoms. The molecule has 1 aromatic carbocycles. The molecule has 0 spiro atoms. The van der Waals surface area contributed by atoms with Crippen LogP contribution in [0.15, 0.2) is 30.3 Å². The van der Waals surface area contributed by atoms with E-state index < -0.39 is 23.5 Å². The Bertz CT molecular complexity index is 660. The van der Waals surface area contributed by atoms with Crippen molar-refractivity contribution < 1.29 is 19.6 Å². The number of imide groups is 1. The van der Waals surface area contributed by atoms with Crippen LogP contribution in [0.3, 0.4) is 0 Å². The predicted molar refractivity (Wildman–Crippen MR) is 94.2 cm³/mol. The Hall–Kier alpha value is -2.41. The van der Waals surface area contributed by atoms with Gasteiger partial charge in [0.15, 0.2) is 0 Å². The number of carbonyl (C=O) groups is 3. The Morgan fingerprint density at radius 1 is 1.19 bits per heavy atom. The van der Waals surface area contributed by atoms with E-state index in [1.807, 2.05) is 30.3 Å². The molecular formula is C19H25N3O4. The van der Waals surface area contributed by atoms with E-state index in [9.17, 15) is 19.6 Å². The van der Waals surface area contributed by atoms with E-state index in [2.05, 4.69) is 10.6 Å². The van der Waals surface area contributed by atoms with Crippen LogP contribution < -0.4 is 10.6 Å². The van der Waals surface area contributed by atoms with Gasteiger partial charge < -0.3 is 5.32 Å². The Morgan fingerprint density at radius 2 is 1.88 bits per heavy atom. The van der Waals surface area contributed by atoms with Gasteiger partial charge in [-0.25, -0.2) is 9.86 Å². The summed E-state index contributed by atoms with van der Waals surface area (Å²) in [6, 6.07) is 7.87. The van der Waals surface area contributed by atoms with Crippen molar-refractivity contribution in [1.29, 1.82) is 0 Å². The van der Waals surface area contributed by atoms with Gasteiger partial charge >= 0.3 is 6.03 Å². The molecule has 0 bridgehead atoms. The average molecular weight is 359 g/mol. The van der Waals surface area contributed by atoms with Crippen LogP contribution in [0, 0.1) is 5.92 Å². The Kier molecular flexibility index (Phi) is 5.56. The van der Waals surface area contributed by atoms with Crippen LogP contribution in [0.5, 0.6) is 0 Å². The summed E-state index contributed by atoms with van der Waals surface area (Å²) in [5.74, 6) is -0.207. The molecule has 7 heteroatoms. The number of amides is 4. The third-order valence-corrected chi connectivity index (χ3v) is 5.57. The number of hydrogen-bond acceptors (Lipinski definition) is 4. The molecule has 1 heterocycles. The van der Waals surface area contributed by atoms with E-state index in [1.165, 1.54) is 6.42 Å². The van der Waals surface area contributed by atoms with Crippen molar-refractivity contribution >= 4 is 18.3 Å². The number of benzene rings is 1. The van der Waals surface area contributed by atoms with Crippen molar-refractivity contribution in [3.63, 3.8) is 0 Å². The van der Waals surface area contributed by atoms with Gasteiger partial charge in [0.25, 0.3) is 5.91 Å². The third kappa shape index (κ3) is 3.72. The van der Waals surface area contributed by atoms with Gasteiger partial charge in [0.05, 0.1) is 6.04 Å². The fourth-order valence-corrected chi connectivity index (χ4v) is 4.27. The number of hydroxylamine groups is 2. The highest BCUT2D eigenvalue weighted by Gasteiger charge is 2.54. The van der Waals surface area contributed by atoms with Gasteiger partial charge in [-0.15, -0.1) is 0 Å². The molecule has 0 aromatic heterocycles. The van der Waals surface area contributed by atoms with E-state index in [0.717, 1.165) is 31.2 Å². The highest BCUT2D eigenvalue weighted by atomic mass is 16.5. The molecule has 2 aliphatic rings. The second kappa shape index (κ2) is 7.86. The van der Waals surface area contributed by atoms with Crippen molar-refractivity contribution in [3.05, 3.63) is 35.9 Å². The van der Waals surface area contributed by atoms with Gasteiger partial charge in [-0.3, -0.25) is 20.1 Å². The molecule has 0 radical (unpaired) electrons. The molecule has 1 aliphatic carbocycles. The third-order valence-electron chi connectivity index (χ3n) is 5.57. The van der Waals surface area contributed by atoms with Gasteiger partial charge in [0.2, 0.25) is 6.41 Å². The largest absolute Gasteiger partial charge is 0.322 e. The van der Waals surface area contributed by atoms with Gasteiger partial charge in [-0.2, -0.15) is 0 Å². The molecule has 1 saturated heterocycles. The average Bonchev–Trinajstić information content (AvgIpc) is 2.94. The molecule has 1 aliphatic heterocycles. The van der Waals surface area contributed by atoms with E-state index in [4.69, 9.17) is 0 Å². The summed E-state index contributed by atoms with van der Waals surface area (Å²) in [6.07, 6.45) is 6.30. The lowest BCUT2D eigenvalue weighted by Crippen LogP contribution is -2.63. The number of hydrogen-bond donors (Lipinski definition) is 3. The summed E-state index contributed by atoms with van der Waals surface area (Å²) in [5.41, 5.74) is -0.458. The zero-order valence-corrected chi connectivity index (χ0v) is 14.7. The Morgan fingerprint density at radius 3 is 2.46 bits per heavy atom. The van der Waals surface area contributed by atoms with Crippen LogP contribution in [0.2, 0.25) is 0 Å². The topological polar surface area (TPSA) is 98.7 Å².